The van der Waals surface area contributed by atoms with E-state index in [2.05, 4.69) is 6.92 Å². The van der Waals surface area contributed by atoms with Crippen LogP contribution in [0.15, 0.2) is 11.6 Å². The molecule has 30 heavy (non-hydrogen) atoms. The van der Waals surface area contributed by atoms with Crippen molar-refractivity contribution in [1.82, 2.24) is 0 Å². The Morgan fingerprint density at radius 2 is 1.73 bits per heavy atom. The van der Waals surface area contributed by atoms with Gasteiger partial charge in [-0.15, -0.1) is 0 Å². The average molecular weight is 427 g/mol. The molecule has 0 unspecified atom stereocenters. The predicted molar refractivity (Wildman–Crippen MR) is 117 cm³/mol. The highest BCUT2D eigenvalue weighted by atomic mass is 16.7. The van der Waals surface area contributed by atoms with E-state index in [9.17, 15) is 14.7 Å². The van der Waals surface area contributed by atoms with Gasteiger partial charge in [-0.25, -0.2) is 0 Å². The Labute approximate surface area is 182 Å². The molecule has 0 bridgehead atoms. The number of ketones is 1. The van der Waals surface area contributed by atoms with E-state index in [1.807, 2.05) is 13.8 Å². The third kappa shape index (κ3) is 9.71. The number of Topliss-reactive ketones (excluding diaryl/α,β-unsaturated/α-hetero) is 1. The molecular weight excluding hydrogens is 384 g/mol. The number of aliphatic hydroxyl groups excluding tert-OH is 1. The number of aliphatic hydroxyl groups is 1. The highest BCUT2D eigenvalue weighted by Gasteiger charge is 2.36. The van der Waals surface area contributed by atoms with Gasteiger partial charge in [0.25, 0.3) is 0 Å². The van der Waals surface area contributed by atoms with Gasteiger partial charge in [0.1, 0.15) is 6.61 Å². The number of ether oxygens (including phenoxy) is 3. The molecule has 174 valence electrons. The smallest absolute Gasteiger partial charge is 0.311 e. The minimum absolute atomic E-state index is 0.112. The lowest BCUT2D eigenvalue weighted by Gasteiger charge is -2.31. The molecule has 0 aliphatic carbocycles. The minimum Gasteiger partial charge on any atom is -0.462 e. The van der Waals surface area contributed by atoms with Crippen molar-refractivity contribution in [2.24, 2.45) is 5.41 Å². The first kappa shape index (κ1) is 26.8. The third-order valence-corrected chi connectivity index (χ3v) is 5.02. The summed E-state index contributed by atoms with van der Waals surface area (Å²) in [5.74, 6) is -0.740. The summed E-state index contributed by atoms with van der Waals surface area (Å²) in [6.45, 7) is 11.0. The molecular formula is C24H42O6. The summed E-state index contributed by atoms with van der Waals surface area (Å²) in [5.41, 5.74) is -0.365. The lowest BCUT2D eigenvalue weighted by Crippen LogP contribution is -2.43. The number of esters is 1. The second-order valence-electron chi connectivity index (χ2n) is 9.44. The summed E-state index contributed by atoms with van der Waals surface area (Å²) in [7, 11) is 0. The molecule has 6 heteroatoms. The molecule has 0 amide bonds. The molecule has 0 aromatic rings. The summed E-state index contributed by atoms with van der Waals surface area (Å²) >= 11 is 0. The van der Waals surface area contributed by atoms with E-state index in [1.54, 1.807) is 26.8 Å². The molecule has 1 rings (SSSR count). The first-order valence-corrected chi connectivity index (χ1v) is 11.5. The van der Waals surface area contributed by atoms with Crippen LogP contribution >= 0.6 is 0 Å². The van der Waals surface area contributed by atoms with E-state index in [0.29, 0.717) is 12.0 Å². The molecule has 1 aliphatic rings. The van der Waals surface area contributed by atoms with Crippen LogP contribution in [0.1, 0.15) is 92.9 Å². The number of unbranched alkanes of at least 4 members (excludes halogenated alkanes) is 6. The highest BCUT2D eigenvalue weighted by Crippen LogP contribution is 2.24. The number of hydrogen-bond acceptors (Lipinski definition) is 6. The largest absolute Gasteiger partial charge is 0.462 e. The van der Waals surface area contributed by atoms with Crippen LogP contribution in [0.4, 0.5) is 0 Å². The van der Waals surface area contributed by atoms with Gasteiger partial charge in [0.2, 0.25) is 0 Å². The molecule has 1 N–H and O–H groups in total. The maximum atomic E-state index is 12.9. The lowest BCUT2D eigenvalue weighted by atomic mass is 9.94. The molecule has 0 aromatic carbocycles. The molecule has 0 fully saturated rings. The monoisotopic (exact) mass is 426 g/mol. The topological polar surface area (TPSA) is 82.1 Å². The Balaban J connectivity index is 2.67. The van der Waals surface area contributed by atoms with Crippen molar-refractivity contribution in [2.45, 2.75) is 118 Å². The average Bonchev–Trinajstić information content (AvgIpc) is 2.65. The first-order valence-electron chi connectivity index (χ1n) is 11.5. The molecule has 1 heterocycles. The van der Waals surface area contributed by atoms with Gasteiger partial charge in [0.05, 0.1) is 17.6 Å². The Morgan fingerprint density at radius 3 is 2.30 bits per heavy atom. The zero-order valence-corrected chi connectivity index (χ0v) is 19.7. The standard InChI is InChI=1S/C24H42O6/c1-7-8-9-10-11-12-13-14-19(25)18-15-21(29-17(2)3)30-20(22(18)26)16-28-23(27)24(4,5)6/h15,17,19-21,25H,7-14,16H2,1-6H3/t19-,20-,21+/m1/s1. The van der Waals surface area contributed by atoms with Crippen LogP contribution in [0.2, 0.25) is 0 Å². The van der Waals surface area contributed by atoms with Crippen molar-refractivity contribution in [3.8, 4) is 0 Å². The quantitative estimate of drug-likeness (QED) is 0.339. The van der Waals surface area contributed by atoms with Crippen LogP contribution in [-0.4, -0.2) is 48.1 Å². The van der Waals surface area contributed by atoms with Gasteiger partial charge in [-0.2, -0.15) is 0 Å². The Hall–Kier alpha value is -1.24. The molecule has 3 atom stereocenters. The molecule has 0 aromatic heterocycles. The Bertz CT molecular complexity index is 561. The third-order valence-electron chi connectivity index (χ3n) is 5.02. The SMILES string of the molecule is CCCCCCCCC[C@@H](O)C1=C[C@@H](OC(C)C)O[C@H](COC(=O)C(C)(C)C)C1=O. The number of carbonyl (C=O) groups is 2. The van der Waals surface area contributed by atoms with Crippen molar-refractivity contribution < 1.29 is 28.9 Å². The van der Waals surface area contributed by atoms with Gasteiger partial charge in [0.15, 0.2) is 18.2 Å². The second kappa shape index (κ2) is 13.2. The van der Waals surface area contributed by atoms with E-state index >= 15 is 0 Å². The van der Waals surface area contributed by atoms with Crippen molar-refractivity contribution in [1.29, 1.82) is 0 Å². The summed E-state index contributed by atoms with van der Waals surface area (Å²) in [5, 5.41) is 10.7. The van der Waals surface area contributed by atoms with Gasteiger partial charge in [-0.1, -0.05) is 51.9 Å². The minimum atomic E-state index is -0.969. The van der Waals surface area contributed by atoms with Crippen molar-refractivity contribution in [2.75, 3.05) is 6.61 Å². The van der Waals surface area contributed by atoms with E-state index in [4.69, 9.17) is 14.2 Å². The first-order chi connectivity index (χ1) is 14.1. The fourth-order valence-electron chi connectivity index (χ4n) is 3.23. The van der Waals surface area contributed by atoms with Crippen LogP contribution < -0.4 is 0 Å². The molecule has 0 saturated carbocycles. The van der Waals surface area contributed by atoms with E-state index < -0.39 is 29.9 Å². The summed E-state index contributed by atoms with van der Waals surface area (Å²) < 4.78 is 16.7. The molecule has 1 aliphatic heterocycles. The van der Waals surface area contributed by atoms with E-state index in [0.717, 1.165) is 19.3 Å². The number of carbonyl (C=O) groups excluding carboxylic acids is 2. The molecule has 0 spiro atoms. The molecule has 0 saturated heterocycles. The zero-order chi connectivity index (χ0) is 22.7. The fourth-order valence-corrected chi connectivity index (χ4v) is 3.23. The van der Waals surface area contributed by atoms with Crippen LogP contribution in [-0.2, 0) is 23.8 Å². The Kier molecular flexibility index (Phi) is 11.8. The zero-order valence-electron chi connectivity index (χ0n) is 19.7. The maximum Gasteiger partial charge on any atom is 0.311 e. The van der Waals surface area contributed by atoms with Crippen LogP contribution in [0.3, 0.4) is 0 Å². The second-order valence-corrected chi connectivity index (χ2v) is 9.44. The van der Waals surface area contributed by atoms with Crippen LogP contribution in [0.25, 0.3) is 0 Å². The maximum absolute atomic E-state index is 12.9. The lowest BCUT2D eigenvalue weighted by molar-refractivity contribution is -0.189. The van der Waals surface area contributed by atoms with E-state index in [-0.39, 0.29) is 18.5 Å². The van der Waals surface area contributed by atoms with Crippen LogP contribution in [0.5, 0.6) is 0 Å². The van der Waals surface area contributed by atoms with Crippen molar-refractivity contribution in [3.05, 3.63) is 11.6 Å². The molecule has 0 radical (unpaired) electrons. The number of hydrogen-bond donors (Lipinski definition) is 1. The summed E-state index contributed by atoms with van der Waals surface area (Å²) in [4.78, 5) is 24.9. The summed E-state index contributed by atoms with van der Waals surface area (Å²) in [6.07, 6.45) is 7.39. The normalized spacial score (nSPS) is 20.9. The molecule has 6 nitrogen and oxygen atoms in total. The summed E-state index contributed by atoms with van der Waals surface area (Å²) in [6, 6.07) is 0. The van der Waals surface area contributed by atoms with Crippen LogP contribution in [0, 0.1) is 5.41 Å². The predicted octanol–water partition coefficient (Wildman–Crippen LogP) is 4.72. The van der Waals surface area contributed by atoms with Gasteiger partial charge >= 0.3 is 5.97 Å². The van der Waals surface area contributed by atoms with E-state index in [1.165, 1.54) is 25.7 Å². The van der Waals surface area contributed by atoms with Crippen molar-refractivity contribution >= 4 is 11.8 Å². The number of rotatable bonds is 13. The van der Waals surface area contributed by atoms with Gasteiger partial charge < -0.3 is 19.3 Å². The van der Waals surface area contributed by atoms with Gasteiger partial charge in [-0.3, -0.25) is 9.59 Å². The Morgan fingerprint density at radius 1 is 1.13 bits per heavy atom. The van der Waals surface area contributed by atoms with Gasteiger partial charge in [-0.05, 0) is 47.1 Å². The fraction of sp³-hybridized carbons (Fsp3) is 0.833. The van der Waals surface area contributed by atoms with Crippen molar-refractivity contribution in [3.63, 3.8) is 0 Å². The van der Waals surface area contributed by atoms with Gasteiger partial charge in [0, 0.05) is 5.57 Å². The highest BCUT2D eigenvalue weighted by molar-refractivity contribution is 6.00.